The van der Waals surface area contributed by atoms with Gasteiger partial charge in [-0.2, -0.15) is 0 Å². The average molecular weight is 261 g/mol. The molecule has 0 aromatic heterocycles. The molecule has 0 amide bonds. The number of aryl methyl sites for hydroxylation is 2. The molecule has 1 aliphatic rings. The van der Waals surface area contributed by atoms with Crippen LogP contribution < -0.4 is 5.32 Å². The third-order valence-corrected chi connectivity index (χ3v) is 3.90. The molecule has 0 bridgehead atoms. The zero-order valence-electron chi connectivity index (χ0n) is 11.8. The molecular formula is C16H23NO2. The first-order valence-corrected chi connectivity index (χ1v) is 7.04. The Morgan fingerprint density at radius 2 is 2.05 bits per heavy atom. The molecule has 19 heavy (non-hydrogen) atoms. The van der Waals surface area contributed by atoms with Gasteiger partial charge in [-0.15, -0.1) is 0 Å². The van der Waals surface area contributed by atoms with Crippen molar-refractivity contribution in [3.63, 3.8) is 0 Å². The van der Waals surface area contributed by atoms with Gasteiger partial charge in [-0.25, -0.2) is 0 Å². The molecule has 2 rings (SSSR count). The molecule has 0 spiro atoms. The fraction of sp³-hybridized carbons (Fsp3) is 0.562. The quantitative estimate of drug-likeness (QED) is 0.773. The van der Waals surface area contributed by atoms with E-state index in [2.05, 4.69) is 23.5 Å². The van der Waals surface area contributed by atoms with E-state index in [0.717, 1.165) is 13.0 Å². The second kappa shape index (κ2) is 5.74. The van der Waals surface area contributed by atoms with E-state index in [1.807, 2.05) is 0 Å². The number of carbonyl (C=O) groups is 1. The van der Waals surface area contributed by atoms with Crippen LogP contribution in [0, 0.1) is 5.41 Å². The third kappa shape index (κ3) is 3.57. The Bertz CT molecular complexity index is 466. The predicted molar refractivity (Wildman–Crippen MR) is 76.5 cm³/mol. The lowest BCUT2D eigenvalue weighted by molar-refractivity contribution is -0.146. The van der Waals surface area contributed by atoms with Gasteiger partial charge in [-0.1, -0.05) is 18.2 Å². The van der Waals surface area contributed by atoms with E-state index >= 15 is 0 Å². The molecule has 0 radical (unpaired) electrons. The van der Waals surface area contributed by atoms with Gasteiger partial charge < -0.3 is 10.4 Å². The summed E-state index contributed by atoms with van der Waals surface area (Å²) in [7, 11) is 0. The summed E-state index contributed by atoms with van der Waals surface area (Å²) in [5, 5.41) is 12.3. The van der Waals surface area contributed by atoms with Crippen molar-refractivity contribution in [1.82, 2.24) is 5.32 Å². The minimum absolute atomic E-state index is 0.507. The zero-order valence-corrected chi connectivity index (χ0v) is 11.8. The van der Waals surface area contributed by atoms with Crippen molar-refractivity contribution in [3.05, 3.63) is 34.9 Å². The van der Waals surface area contributed by atoms with Crippen LogP contribution in [0.5, 0.6) is 0 Å². The van der Waals surface area contributed by atoms with Crippen molar-refractivity contribution in [2.75, 3.05) is 13.1 Å². The van der Waals surface area contributed by atoms with Gasteiger partial charge in [0, 0.05) is 6.54 Å². The summed E-state index contributed by atoms with van der Waals surface area (Å²) in [6.45, 7) is 4.83. The number of hydrogen-bond donors (Lipinski definition) is 2. The maximum Gasteiger partial charge on any atom is 0.310 e. The topological polar surface area (TPSA) is 49.3 Å². The summed E-state index contributed by atoms with van der Waals surface area (Å²) >= 11 is 0. The summed E-state index contributed by atoms with van der Waals surface area (Å²) in [5.41, 5.74) is 3.66. The van der Waals surface area contributed by atoms with Gasteiger partial charge in [0.15, 0.2) is 0 Å². The Labute approximate surface area is 115 Å². The number of nitrogens with one attached hydrogen (secondary N) is 1. The van der Waals surface area contributed by atoms with Gasteiger partial charge in [-0.05, 0) is 62.8 Å². The van der Waals surface area contributed by atoms with Gasteiger partial charge in [0.1, 0.15) is 0 Å². The maximum atomic E-state index is 11.0. The normalized spacial score (nSPS) is 14.4. The molecule has 1 aromatic rings. The fourth-order valence-electron chi connectivity index (χ4n) is 2.49. The van der Waals surface area contributed by atoms with Crippen LogP contribution in [-0.2, 0) is 24.1 Å². The van der Waals surface area contributed by atoms with Crippen molar-refractivity contribution in [3.8, 4) is 0 Å². The van der Waals surface area contributed by atoms with Crippen LogP contribution in [0.2, 0.25) is 0 Å². The van der Waals surface area contributed by atoms with Crippen molar-refractivity contribution in [2.45, 2.75) is 39.5 Å². The van der Waals surface area contributed by atoms with Crippen molar-refractivity contribution in [2.24, 2.45) is 5.41 Å². The van der Waals surface area contributed by atoms with Crippen LogP contribution in [0.1, 0.15) is 37.0 Å². The Kier molecular flexibility index (Phi) is 4.25. The first-order valence-electron chi connectivity index (χ1n) is 7.04. The second-order valence-corrected chi connectivity index (χ2v) is 6.07. The molecular weight excluding hydrogens is 238 g/mol. The zero-order chi connectivity index (χ0) is 13.9. The minimum Gasteiger partial charge on any atom is -0.481 e. The van der Waals surface area contributed by atoms with Crippen molar-refractivity contribution >= 4 is 5.97 Å². The Hall–Kier alpha value is -1.35. The molecule has 0 fully saturated rings. The van der Waals surface area contributed by atoms with Crippen LogP contribution in [-0.4, -0.2) is 24.2 Å². The van der Waals surface area contributed by atoms with Gasteiger partial charge in [0.2, 0.25) is 0 Å². The van der Waals surface area contributed by atoms with Crippen molar-refractivity contribution < 1.29 is 9.90 Å². The van der Waals surface area contributed by atoms with Crippen molar-refractivity contribution in [1.29, 1.82) is 0 Å². The summed E-state index contributed by atoms with van der Waals surface area (Å²) in [6.07, 6.45) is 4.68. The Morgan fingerprint density at radius 1 is 1.32 bits per heavy atom. The lowest BCUT2D eigenvalue weighted by Crippen LogP contribution is -2.36. The first kappa shape index (κ1) is 14.1. The van der Waals surface area contributed by atoms with Gasteiger partial charge in [0.25, 0.3) is 0 Å². The molecule has 1 aromatic carbocycles. The van der Waals surface area contributed by atoms with E-state index in [1.54, 1.807) is 13.8 Å². The molecule has 0 heterocycles. The van der Waals surface area contributed by atoms with Crippen LogP contribution in [0.3, 0.4) is 0 Å². The number of aliphatic carboxylic acids is 1. The van der Waals surface area contributed by atoms with Crippen LogP contribution in [0.4, 0.5) is 0 Å². The number of carboxylic acid groups (broad SMARTS) is 1. The smallest absolute Gasteiger partial charge is 0.310 e. The molecule has 3 nitrogen and oxygen atoms in total. The summed E-state index contributed by atoms with van der Waals surface area (Å²) in [5.74, 6) is -0.752. The maximum absolute atomic E-state index is 11.0. The Morgan fingerprint density at radius 3 is 2.79 bits per heavy atom. The molecule has 0 aliphatic heterocycles. The minimum atomic E-state index is -0.752. The highest BCUT2D eigenvalue weighted by Crippen LogP contribution is 2.22. The fourth-order valence-corrected chi connectivity index (χ4v) is 2.49. The van der Waals surface area contributed by atoms with E-state index in [-0.39, 0.29) is 0 Å². The van der Waals surface area contributed by atoms with Crippen LogP contribution >= 0.6 is 0 Å². The highest BCUT2D eigenvalue weighted by Gasteiger charge is 2.26. The first-order chi connectivity index (χ1) is 8.99. The van der Waals surface area contributed by atoms with E-state index in [9.17, 15) is 4.79 Å². The summed E-state index contributed by atoms with van der Waals surface area (Å²) in [4.78, 5) is 11.0. The van der Waals surface area contributed by atoms with Gasteiger partial charge in [-0.3, -0.25) is 4.79 Å². The molecule has 0 saturated carbocycles. The molecule has 104 valence electrons. The summed E-state index contributed by atoms with van der Waals surface area (Å²) < 4.78 is 0. The number of fused-ring (bicyclic) bond motifs is 1. The lowest BCUT2D eigenvalue weighted by atomic mass is 9.94. The number of benzene rings is 1. The largest absolute Gasteiger partial charge is 0.481 e. The van der Waals surface area contributed by atoms with Gasteiger partial charge >= 0.3 is 5.97 Å². The van der Waals surface area contributed by atoms with E-state index in [0.29, 0.717) is 6.54 Å². The lowest BCUT2D eigenvalue weighted by Gasteiger charge is -2.19. The second-order valence-electron chi connectivity index (χ2n) is 6.07. The highest BCUT2D eigenvalue weighted by atomic mass is 16.4. The van der Waals surface area contributed by atoms with E-state index in [4.69, 9.17) is 5.11 Å². The molecule has 0 saturated heterocycles. The molecule has 1 aliphatic carbocycles. The molecule has 0 unspecified atom stereocenters. The molecule has 3 heteroatoms. The number of rotatable bonds is 6. The van der Waals surface area contributed by atoms with E-state index < -0.39 is 11.4 Å². The molecule has 0 atom stereocenters. The summed E-state index contributed by atoms with van der Waals surface area (Å²) in [6, 6.07) is 6.76. The monoisotopic (exact) mass is 261 g/mol. The van der Waals surface area contributed by atoms with E-state index in [1.165, 1.54) is 36.0 Å². The standard InChI is InChI=1S/C16H23NO2/c1-16(2,15(18)19)11-17-9-8-12-6-7-13-4-3-5-14(13)10-12/h6-7,10,17H,3-5,8-9,11H2,1-2H3,(H,18,19). The van der Waals surface area contributed by atoms with Crippen LogP contribution in [0.15, 0.2) is 18.2 Å². The Balaban J connectivity index is 1.79. The SMILES string of the molecule is CC(C)(CNCCc1ccc2c(c1)CCC2)C(=O)O. The third-order valence-electron chi connectivity index (χ3n) is 3.90. The molecule has 2 N–H and O–H groups in total. The number of hydrogen-bond acceptors (Lipinski definition) is 2. The average Bonchev–Trinajstić information content (AvgIpc) is 2.81. The van der Waals surface area contributed by atoms with Gasteiger partial charge in [0.05, 0.1) is 5.41 Å². The highest BCUT2D eigenvalue weighted by molar-refractivity contribution is 5.73. The predicted octanol–water partition coefficient (Wildman–Crippen LogP) is 2.42. The number of carboxylic acids is 1. The van der Waals surface area contributed by atoms with Crippen LogP contribution in [0.25, 0.3) is 0 Å².